The number of hydrogen-bond donors (Lipinski definition) is 0. The van der Waals surface area contributed by atoms with Crippen LogP contribution in [0.4, 0.5) is 13.2 Å². The summed E-state index contributed by atoms with van der Waals surface area (Å²) < 4.78 is 69.3. The molecule has 1 atom stereocenters. The van der Waals surface area contributed by atoms with Crippen LogP contribution in [0.5, 0.6) is 0 Å². The van der Waals surface area contributed by atoms with Gasteiger partial charge in [-0.25, -0.2) is 26.6 Å². The first kappa shape index (κ1) is 24.7. The van der Waals surface area contributed by atoms with Gasteiger partial charge in [0, 0.05) is 18.5 Å². The molecule has 2 heterocycles. The van der Waals surface area contributed by atoms with Crippen molar-refractivity contribution in [1.29, 1.82) is 0 Å². The van der Waals surface area contributed by atoms with Gasteiger partial charge in [-0.2, -0.15) is 4.31 Å². The first-order chi connectivity index (χ1) is 14.6. The van der Waals surface area contributed by atoms with Crippen molar-refractivity contribution in [3.63, 3.8) is 0 Å². The molecule has 162 valence electrons. The predicted molar refractivity (Wildman–Crippen MR) is 104 cm³/mol. The molecule has 0 aliphatic carbocycles. The number of alkyl halides is 1. The maximum absolute atomic E-state index is 14.9. The third kappa shape index (κ3) is 4.42. The van der Waals surface area contributed by atoms with Gasteiger partial charge in [0.2, 0.25) is 10.0 Å². The van der Waals surface area contributed by atoms with Crippen molar-refractivity contribution < 1.29 is 61.0 Å². The van der Waals surface area contributed by atoms with Crippen molar-refractivity contribution in [2.45, 2.75) is 24.4 Å². The Bertz CT molecular complexity index is 1310. The second kappa shape index (κ2) is 9.11. The van der Waals surface area contributed by atoms with Crippen LogP contribution in [0.25, 0.3) is 22.2 Å². The quantitative estimate of drug-likeness (QED) is 0.482. The zero-order chi connectivity index (χ0) is 22.5. The first-order valence-corrected chi connectivity index (χ1v) is 10.8. The molecule has 3 aromatic rings. The van der Waals surface area contributed by atoms with Crippen LogP contribution in [0, 0.1) is 18.6 Å². The monoisotopic (exact) mass is 472 g/mol. The predicted octanol–water partition coefficient (Wildman–Crippen LogP) is -0.412. The van der Waals surface area contributed by atoms with E-state index in [2.05, 4.69) is 4.98 Å². The summed E-state index contributed by atoms with van der Waals surface area (Å²) in [4.78, 5) is 14.7. The molecule has 0 N–H and O–H groups in total. The van der Waals surface area contributed by atoms with Gasteiger partial charge >= 0.3 is 29.6 Å². The van der Waals surface area contributed by atoms with E-state index in [0.29, 0.717) is 23.1 Å². The number of rotatable bonds is 4. The summed E-state index contributed by atoms with van der Waals surface area (Å²) in [6, 6.07) is 6.87. The molecule has 0 amide bonds. The minimum atomic E-state index is -4.25. The van der Waals surface area contributed by atoms with Gasteiger partial charge in [-0.3, -0.25) is 0 Å². The molecule has 0 spiro atoms. The van der Waals surface area contributed by atoms with Crippen molar-refractivity contribution in [1.82, 2.24) is 9.29 Å². The molecule has 11 heteroatoms. The Kier molecular flexibility index (Phi) is 7.02. The number of halogens is 3. The van der Waals surface area contributed by atoms with E-state index in [9.17, 15) is 31.5 Å². The maximum atomic E-state index is 14.9. The number of nitrogens with zero attached hydrogens (tertiary/aromatic N) is 2. The number of fused-ring (bicyclic) bond motifs is 1. The Morgan fingerprint density at radius 3 is 2.38 bits per heavy atom. The summed E-state index contributed by atoms with van der Waals surface area (Å²) in [6.45, 7) is 1.24. The number of carbonyl (C=O) groups is 1. The van der Waals surface area contributed by atoms with Gasteiger partial charge in [0.05, 0.1) is 27.6 Å². The summed E-state index contributed by atoms with van der Waals surface area (Å²) in [5.41, 5.74) is -0.0301. The van der Waals surface area contributed by atoms with Crippen molar-refractivity contribution in [3.8, 4) is 11.3 Å². The number of carboxylic acids is 1. The maximum Gasteiger partial charge on any atom is 1.00 e. The third-order valence-electron chi connectivity index (χ3n) is 5.26. The number of carbonyl (C=O) groups excluding carboxylic acids is 1. The van der Waals surface area contributed by atoms with Crippen LogP contribution in [-0.2, 0) is 10.0 Å². The molecule has 0 radical (unpaired) electrons. The molecule has 4 rings (SSSR count). The summed E-state index contributed by atoms with van der Waals surface area (Å²) in [5.74, 6) is -3.73. The summed E-state index contributed by atoms with van der Waals surface area (Å²) in [5, 5.41) is 11.7. The second-order valence-electron chi connectivity index (χ2n) is 7.35. The fraction of sp³-hybridized carbons (Fsp3) is 0.238. The van der Waals surface area contributed by atoms with Crippen LogP contribution < -0.4 is 34.7 Å². The topological polar surface area (TPSA) is 90.4 Å². The molecule has 1 aliphatic heterocycles. The van der Waals surface area contributed by atoms with Crippen LogP contribution in [0.2, 0.25) is 0 Å². The first-order valence-electron chi connectivity index (χ1n) is 9.34. The van der Waals surface area contributed by atoms with E-state index in [4.69, 9.17) is 0 Å². The van der Waals surface area contributed by atoms with Crippen molar-refractivity contribution in [2.75, 3.05) is 13.1 Å². The number of aromatic carboxylic acids is 1. The molecule has 2 aromatic carbocycles. The number of hydrogen-bond acceptors (Lipinski definition) is 5. The Morgan fingerprint density at radius 1 is 1.16 bits per heavy atom. The van der Waals surface area contributed by atoms with Gasteiger partial charge in [-0.15, -0.1) is 0 Å². The molecule has 0 saturated carbocycles. The average Bonchev–Trinajstić information content (AvgIpc) is 3.14. The van der Waals surface area contributed by atoms with E-state index in [-0.39, 0.29) is 65.8 Å². The fourth-order valence-corrected chi connectivity index (χ4v) is 5.16. The fourth-order valence-electron chi connectivity index (χ4n) is 3.66. The van der Waals surface area contributed by atoms with Gasteiger partial charge in [0.15, 0.2) is 0 Å². The number of pyridine rings is 1. The molecular formula is C21H16F3N2NaO4S. The molecule has 32 heavy (non-hydrogen) atoms. The van der Waals surface area contributed by atoms with E-state index in [0.717, 1.165) is 4.31 Å². The zero-order valence-electron chi connectivity index (χ0n) is 17.2. The Morgan fingerprint density at radius 2 is 1.81 bits per heavy atom. The van der Waals surface area contributed by atoms with Gasteiger partial charge in [-0.05, 0) is 48.7 Å². The van der Waals surface area contributed by atoms with E-state index in [1.165, 1.54) is 24.3 Å². The number of aromatic nitrogens is 1. The normalized spacial score (nSPS) is 16.8. The number of carboxylic acid groups (broad SMARTS) is 1. The van der Waals surface area contributed by atoms with E-state index < -0.39 is 44.3 Å². The molecule has 6 nitrogen and oxygen atoms in total. The SMILES string of the molecule is Cc1cc(-c2c(F)cc(S(=O)(=O)N3CC[C@H](F)C3)cc2F)nc2cc(C(=O)[O-])ccc12.[Na+]. The summed E-state index contributed by atoms with van der Waals surface area (Å²) in [6.07, 6.45) is -1.30. The zero-order valence-corrected chi connectivity index (χ0v) is 20.0. The molecule has 1 aliphatic rings. The number of aryl methyl sites for hydroxylation is 1. The van der Waals surface area contributed by atoms with E-state index in [1.54, 1.807) is 6.92 Å². The number of benzene rings is 2. The van der Waals surface area contributed by atoms with Crippen LogP contribution in [0.15, 0.2) is 41.3 Å². The van der Waals surface area contributed by atoms with Crippen molar-refractivity contribution in [3.05, 3.63) is 59.2 Å². The smallest absolute Gasteiger partial charge is 0.545 e. The van der Waals surface area contributed by atoms with E-state index in [1.807, 2.05) is 0 Å². The summed E-state index contributed by atoms with van der Waals surface area (Å²) >= 11 is 0. The molecule has 0 bridgehead atoms. The molecule has 0 unspecified atom stereocenters. The Balaban J connectivity index is 0.00000289. The van der Waals surface area contributed by atoms with E-state index >= 15 is 0 Å². The minimum Gasteiger partial charge on any atom is -0.545 e. The van der Waals surface area contributed by atoms with Crippen molar-refractivity contribution in [2.24, 2.45) is 0 Å². The standard InChI is InChI=1S/C21H17F3N2O4S.Na/c1-11-6-19(25-18-7-12(21(27)28)2-3-15(11)18)20-16(23)8-14(9-17(20)24)31(29,30)26-5-4-13(22)10-26;/h2-3,6-9,13H,4-5,10H2,1H3,(H,27,28);/q;+1/p-1/t13-;/m0./s1. The van der Waals surface area contributed by atoms with Crippen LogP contribution >= 0.6 is 0 Å². The minimum absolute atomic E-state index is 0. The largest absolute Gasteiger partial charge is 1.00 e. The van der Waals surface area contributed by atoms with Gasteiger partial charge in [0.25, 0.3) is 0 Å². The van der Waals surface area contributed by atoms with Crippen LogP contribution in [0.1, 0.15) is 22.3 Å². The van der Waals surface area contributed by atoms with Gasteiger partial charge in [0.1, 0.15) is 17.8 Å². The Hall–Kier alpha value is -1.98. The van der Waals surface area contributed by atoms with Crippen LogP contribution in [0.3, 0.4) is 0 Å². The second-order valence-corrected chi connectivity index (χ2v) is 9.29. The third-order valence-corrected chi connectivity index (χ3v) is 7.10. The Labute approximate surface area is 204 Å². The number of sulfonamides is 1. The summed E-state index contributed by atoms with van der Waals surface area (Å²) in [7, 11) is -4.25. The van der Waals surface area contributed by atoms with Gasteiger partial charge in [-0.1, -0.05) is 12.1 Å². The van der Waals surface area contributed by atoms with Crippen molar-refractivity contribution >= 4 is 26.9 Å². The molecular weight excluding hydrogens is 456 g/mol. The molecule has 1 saturated heterocycles. The molecule has 1 aromatic heterocycles. The average molecular weight is 472 g/mol. The van der Waals surface area contributed by atoms with Gasteiger partial charge < -0.3 is 9.90 Å². The van der Waals surface area contributed by atoms with Crippen LogP contribution in [-0.4, -0.2) is 42.9 Å². The molecule has 1 fully saturated rings.